The van der Waals surface area contributed by atoms with Gasteiger partial charge in [-0.25, -0.2) is 0 Å². The first kappa shape index (κ1) is 24.1. The third kappa shape index (κ3) is 19.3. The van der Waals surface area contributed by atoms with E-state index in [1.807, 2.05) is 0 Å². The summed E-state index contributed by atoms with van der Waals surface area (Å²) in [6, 6.07) is 0. The van der Waals surface area contributed by atoms with Gasteiger partial charge in [-0.1, -0.05) is 84.0 Å². The molecule has 0 aliphatic heterocycles. The zero-order valence-electron chi connectivity index (χ0n) is 17.0. The van der Waals surface area contributed by atoms with Crippen LogP contribution in [0.1, 0.15) is 122 Å². The van der Waals surface area contributed by atoms with Crippen LogP contribution in [0.5, 0.6) is 0 Å². The molecule has 0 rings (SSSR count). The highest BCUT2D eigenvalue weighted by Crippen LogP contribution is 2.13. The van der Waals surface area contributed by atoms with Gasteiger partial charge in [0.1, 0.15) is 5.78 Å². The molecule has 0 aliphatic rings. The van der Waals surface area contributed by atoms with Crippen LogP contribution in [-0.4, -0.2) is 18.9 Å². The Balaban J connectivity index is 3.18. The summed E-state index contributed by atoms with van der Waals surface area (Å²) in [4.78, 5) is 22.8. The van der Waals surface area contributed by atoms with E-state index < -0.39 is 0 Å². The molecule has 0 aromatic heterocycles. The minimum atomic E-state index is -0.0961. The van der Waals surface area contributed by atoms with Crippen molar-refractivity contribution in [2.45, 2.75) is 122 Å². The van der Waals surface area contributed by atoms with E-state index in [9.17, 15) is 9.59 Å². The number of ether oxygens (including phenoxy) is 1. The Morgan fingerprint density at radius 2 is 0.920 bits per heavy atom. The number of hydrogen-bond donors (Lipinski definition) is 0. The summed E-state index contributed by atoms with van der Waals surface area (Å²) in [5.41, 5.74) is 0. The summed E-state index contributed by atoms with van der Waals surface area (Å²) in [5.74, 6) is 0.373. The van der Waals surface area contributed by atoms with Gasteiger partial charge < -0.3 is 4.74 Å². The first-order valence-corrected chi connectivity index (χ1v) is 10.8. The molecule has 3 nitrogen and oxygen atoms in total. The zero-order valence-corrected chi connectivity index (χ0v) is 17.0. The highest BCUT2D eigenvalue weighted by atomic mass is 16.5. The second-order valence-electron chi connectivity index (χ2n) is 7.31. The van der Waals surface area contributed by atoms with Gasteiger partial charge >= 0.3 is 5.97 Å². The van der Waals surface area contributed by atoms with Crippen molar-refractivity contribution in [3.8, 4) is 0 Å². The zero-order chi connectivity index (χ0) is 18.6. The van der Waals surface area contributed by atoms with Crippen LogP contribution in [-0.2, 0) is 14.3 Å². The molecule has 0 atom stereocenters. The Kier molecular flexibility index (Phi) is 18.8. The first-order chi connectivity index (χ1) is 12.2. The van der Waals surface area contributed by atoms with E-state index in [1.165, 1.54) is 77.7 Å². The summed E-state index contributed by atoms with van der Waals surface area (Å²) < 4.78 is 4.63. The van der Waals surface area contributed by atoms with Crippen LogP contribution in [0.4, 0.5) is 0 Å². The molecule has 0 unspecified atom stereocenters. The summed E-state index contributed by atoms with van der Waals surface area (Å²) in [6.07, 6.45) is 20.4. The van der Waals surface area contributed by atoms with Gasteiger partial charge in [0.05, 0.1) is 7.11 Å². The summed E-state index contributed by atoms with van der Waals surface area (Å²) in [6.45, 7) is 2.24. The average Bonchev–Trinajstić information content (AvgIpc) is 2.62. The van der Waals surface area contributed by atoms with Gasteiger partial charge in [0.2, 0.25) is 0 Å². The molecule has 0 fully saturated rings. The molecule has 0 saturated carbocycles. The van der Waals surface area contributed by atoms with Crippen molar-refractivity contribution in [3.05, 3.63) is 0 Å². The largest absolute Gasteiger partial charge is 0.469 e. The van der Waals surface area contributed by atoms with Crippen LogP contribution in [0, 0.1) is 0 Å². The van der Waals surface area contributed by atoms with Crippen LogP contribution in [0.15, 0.2) is 0 Å². The predicted molar refractivity (Wildman–Crippen MR) is 106 cm³/mol. The third-order valence-electron chi connectivity index (χ3n) is 4.87. The molecule has 0 radical (unpaired) electrons. The fraction of sp³-hybridized carbons (Fsp3) is 0.909. The monoisotopic (exact) mass is 354 g/mol. The van der Waals surface area contributed by atoms with Crippen molar-refractivity contribution < 1.29 is 14.3 Å². The molecule has 3 heteroatoms. The van der Waals surface area contributed by atoms with Gasteiger partial charge in [-0.3, -0.25) is 9.59 Å². The fourth-order valence-electron chi connectivity index (χ4n) is 3.16. The molecule has 148 valence electrons. The lowest BCUT2D eigenvalue weighted by Gasteiger charge is -2.03. The number of carbonyl (C=O) groups excluding carboxylic acids is 2. The number of rotatable bonds is 19. The number of carbonyl (C=O) groups is 2. The molecular weight excluding hydrogens is 312 g/mol. The van der Waals surface area contributed by atoms with Crippen LogP contribution in [0.2, 0.25) is 0 Å². The lowest BCUT2D eigenvalue weighted by atomic mass is 10.0. The molecule has 0 aromatic carbocycles. The number of hydrogen-bond acceptors (Lipinski definition) is 3. The summed E-state index contributed by atoms with van der Waals surface area (Å²) in [7, 11) is 1.45. The maximum absolute atomic E-state index is 11.8. The van der Waals surface area contributed by atoms with Crippen LogP contribution < -0.4 is 0 Å². The SMILES string of the molecule is CCCCCCCCCC(=O)CCCCCCCCCCC(=O)OC. The Morgan fingerprint density at radius 3 is 1.32 bits per heavy atom. The Hall–Kier alpha value is -0.860. The van der Waals surface area contributed by atoms with Gasteiger partial charge in [-0.05, 0) is 19.3 Å². The third-order valence-corrected chi connectivity index (χ3v) is 4.87. The minimum Gasteiger partial charge on any atom is -0.469 e. The fourth-order valence-corrected chi connectivity index (χ4v) is 3.16. The van der Waals surface area contributed by atoms with E-state index in [1.54, 1.807) is 0 Å². The number of esters is 1. The molecule has 0 saturated heterocycles. The average molecular weight is 355 g/mol. The Labute approximate surface area is 156 Å². The minimum absolute atomic E-state index is 0.0961. The Bertz CT molecular complexity index is 312. The van der Waals surface area contributed by atoms with Crippen LogP contribution in [0.25, 0.3) is 0 Å². The van der Waals surface area contributed by atoms with Gasteiger partial charge in [0.25, 0.3) is 0 Å². The normalized spacial score (nSPS) is 10.8. The second-order valence-corrected chi connectivity index (χ2v) is 7.31. The molecule has 25 heavy (non-hydrogen) atoms. The van der Waals surface area contributed by atoms with Crippen molar-refractivity contribution >= 4 is 11.8 Å². The Morgan fingerprint density at radius 1 is 0.560 bits per heavy atom. The van der Waals surface area contributed by atoms with Gasteiger partial charge in [-0.2, -0.15) is 0 Å². The molecule has 0 spiro atoms. The predicted octanol–water partition coefficient (Wildman–Crippen LogP) is 6.77. The van der Waals surface area contributed by atoms with E-state index in [0.717, 1.165) is 38.5 Å². The van der Waals surface area contributed by atoms with E-state index in [4.69, 9.17) is 0 Å². The number of ketones is 1. The standard InChI is InChI=1S/C22H42O3/c1-3-4-5-6-9-12-15-18-21(23)19-16-13-10-7-8-11-14-17-20-22(24)25-2/h3-20H2,1-2H3. The van der Waals surface area contributed by atoms with Crippen molar-refractivity contribution in [3.63, 3.8) is 0 Å². The summed E-state index contributed by atoms with van der Waals surface area (Å²) >= 11 is 0. The molecule has 0 bridgehead atoms. The van der Waals surface area contributed by atoms with Gasteiger partial charge in [0, 0.05) is 19.3 Å². The maximum Gasteiger partial charge on any atom is 0.305 e. The number of methoxy groups -OCH3 is 1. The molecule has 0 N–H and O–H groups in total. The van der Waals surface area contributed by atoms with Gasteiger partial charge in [-0.15, -0.1) is 0 Å². The molecule has 0 aromatic rings. The lowest BCUT2D eigenvalue weighted by Crippen LogP contribution is -1.99. The molecule has 0 aliphatic carbocycles. The second kappa shape index (κ2) is 19.5. The molecule has 0 heterocycles. The number of Topliss-reactive ketones (excluding diaryl/α,β-unsaturated/α-hetero) is 1. The van der Waals surface area contributed by atoms with Crippen molar-refractivity contribution in [1.29, 1.82) is 0 Å². The highest BCUT2D eigenvalue weighted by Gasteiger charge is 2.02. The van der Waals surface area contributed by atoms with Crippen LogP contribution in [0.3, 0.4) is 0 Å². The molecule has 0 amide bonds. The highest BCUT2D eigenvalue weighted by molar-refractivity contribution is 5.78. The maximum atomic E-state index is 11.8. The smallest absolute Gasteiger partial charge is 0.305 e. The lowest BCUT2D eigenvalue weighted by molar-refractivity contribution is -0.140. The number of unbranched alkanes of at least 4 members (excludes halogenated alkanes) is 13. The summed E-state index contributed by atoms with van der Waals surface area (Å²) in [5, 5.41) is 0. The van der Waals surface area contributed by atoms with Crippen molar-refractivity contribution in [2.24, 2.45) is 0 Å². The van der Waals surface area contributed by atoms with Crippen LogP contribution >= 0.6 is 0 Å². The quantitative estimate of drug-likeness (QED) is 0.190. The van der Waals surface area contributed by atoms with Crippen molar-refractivity contribution in [1.82, 2.24) is 0 Å². The van der Waals surface area contributed by atoms with E-state index in [0.29, 0.717) is 12.2 Å². The van der Waals surface area contributed by atoms with Gasteiger partial charge in [0.15, 0.2) is 0 Å². The topological polar surface area (TPSA) is 43.4 Å². The van der Waals surface area contributed by atoms with Crippen molar-refractivity contribution in [2.75, 3.05) is 7.11 Å². The van der Waals surface area contributed by atoms with E-state index in [2.05, 4.69) is 11.7 Å². The first-order valence-electron chi connectivity index (χ1n) is 10.8. The van der Waals surface area contributed by atoms with E-state index >= 15 is 0 Å². The van der Waals surface area contributed by atoms with E-state index in [-0.39, 0.29) is 5.97 Å². The molecular formula is C22H42O3.